The summed E-state index contributed by atoms with van der Waals surface area (Å²) >= 11 is 0. The highest BCUT2D eigenvalue weighted by Crippen LogP contribution is 2.13. The summed E-state index contributed by atoms with van der Waals surface area (Å²) in [4.78, 5) is 12.0. The fraction of sp³-hybridized carbons (Fsp3) is 0.444. The van der Waals surface area contributed by atoms with Crippen LogP contribution in [0.15, 0.2) is 24.4 Å². The van der Waals surface area contributed by atoms with Crippen LogP contribution in [0.5, 0.6) is 0 Å². The molecule has 7 nitrogen and oxygen atoms in total. The van der Waals surface area contributed by atoms with Crippen molar-refractivity contribution in [2.45, 2.75) is 39.5 Å². The number of carbonyl (C=O) groups excluding carboxylic acids is 1. The minimum Gasteiger partial charge on any atom is -0.356 e. The lowest BCUT2D eigenvalue weighted by Gasteiger charge is -2.05. The van der Waals surface area contributed by atoms with Crippen LogP contribution in [0.4, 0.5) is 0 Å². The molecule has 0 aliphatic heterocycles. The van der Waals surface area contributed by atoms with E-state index in [0.29, 0.717) is 13.0 Å². The lowest BCUT2D eigenvalue weighted by Crippen LogP contribution is -2.25. The quantitative estimate of drug-likeness (QED) is 0.665. The molecule has 7 heteroatoms. The van der Waals surface area contributed by atoms with Gasteiger partial charge in [-0.2, -0.15) is 5.10 Å². The first-order valence-electron chi connectivity index (χ1n) is 8.60. The van der Waals surface area contributed by atoms with Crippen molar-refractivity contribution in [2.24, 2.45) is 7.05 Å². The van der Waals surface area contributed by atoms with Crippen LogP contribution < -0.4 is 5.32 Å². The van der Waals surface area contributed by atoms with Gasteiger partial charge in [-0.05, 0) is 44.4 Å². The normalized spacial score (nSPS) is 11.2. The van der Waals surface area contributed by atoms with Crippen molar-refractivity contribution in [1.29, 1.82) is 0 Å². The Morgan fingerprint density at radius 2 is 2.04 bits per heavy atom. The lowest BCUT2D eigenvalue weighted by atomic mass is 10.1. The Morgan fingerprint density at radius 3 is 2.80 bits per heavy atom. The van der Waals surface area contributed by atoms with Gasteiger partial charge in [-0.25, -0.2) is 0 Å². The lowest BCUT2D eigenvalue weighted by molar-refractivity contribution is -0.121. The van der Waals surface area contributed by atoms with Crippen LogP contribution in [0.3, 0.4) is 0 Å². The first-order chi connectivity index (χ1) is 12.1. The van der Waals surface area contributed by atoms with Crippen LogP contribution in [0.1, 0.15) is 35.6 Å². The molecule has 3 aromatic heterocycles. The van der Waals surface area contributed by atoms with Gasteiger partial charge in [0.25, 0.3) is 0 Å². The molecule has 1 N–H and O–H groups in total. The average molecular weight is 340 g/mol. The Kier molecular flexibility index (Phi) is 5.11. The number of carbonyl (C=O) groups is 1. The molecule has 0 spiro atoms. The highest BCUT2D eigenvalue weighted by atomic mass is 16.1. The molecule has 25 heavy (non-hydrogen) atoms. The van der Waals surface area contributed by atoms with Gasteiger partial charge < -0.3 is 5.32 Å². The van der Waals surface area contributed by atoms with E-state index in [1.165, 1.54) is 5.56 Å². The number of aromatic nitrogens is 5. The van der Waals surface area contributed by atoms with Gasteiger partial charge in [0.2, 0.25) is 5.91 Å². The summed E-state index contributed by atoms with van der Waals surface area (Å²) in [5.74, 6) is 1.00. The number of nitrogens with zero attached hydrogens (tertiary/aromatic N) is 5. The molecule has 0 unspecified atom stereocenters. The second-order valence-electron chi connectivity index (χ2n) is 6.27. The van der Waals surface area contributed by atoms with Crippen LogP contribution in [0.2, 0.25) is 0 Å². The Morgan fingerprint density at radius 1 is 1.20 bits per heavy atom. The topological polar surface area (TPSA) is 77.1 Å². The Balaban J connectivity index is 1.42. The van der Waals surface area contributed by atoms with Crippen LogP contribution in [-0.4, -0.2) is 36.8 Å². The molecule has 3 heterocycles. The van der Waals surface area contributed by atoms with E-state index >= 15 is 0 Å². The summed E-state index contributed by atoms with van der Waals surface area (Å²) in [7, 11) is 1.93. The number of aryl methyl sites for hydroxylation is 3. The number of rotatable bonds is 7. The first-order valence-corrected chi connectivity index (χ1v) is 8.60. The third-order valence-corrected chi connectivity index (χ3v) is 4.54. The van der Waals surface area contributed by atoms with E-state index in [4.69, 9.17) is 0 Å². The molecule has 0 radical (unpaired) electrons. The maximum absolute atomic E-state index is 12.0. The third kappa shape index (κ3) is 3.87. The van der Waals surface area contributed by atoms with Crippen molar-refractivity contribution in [3.05, 3.63) is 47.2 Å². The number of pyridine rings is 1. The summed E-state index contributed by atoms with van der Waals surface area (Å²) in [5, 5.41) is 15.7. The van der Waals surface area contributed by atoms with Crippen LogP contribution >= 0.6 is 0 Å². The highest BCUT2D eigenvalue weighted by Gasteiger charge is 2.11. The summed E-state index contributed by atoms with van der Waals surface area (Å²) < 4.78 is 3.85. The van der Waals surface area contributed by atoms with Gasteiger partial charge in [-0.1, -0.05) is 6.07 Å². The number of hydrogen-bond acceptors (Lipinski definition) is 4. The van der Waals surface area contributed by atoms with E-state index in [2.05, 4.69) is 20.6 Å². The number of nitrogens with one attached hydrogen (secondary N) is 1. The zero-order chi connectivity index (χ0) is 17.8. The van der Waals surface area contributed by atoms with Crippen molar-refractivity contribution in [3.8, 4) is 0 Å². The van der Waals surface area contributed by atoms with E-state index in [-0.39, 0.29) is 5.91 Å². The fourth-order valence-electron chi connectivity index (χ4n) is 3.04. The molecule has 0 atom stereocenters. The van der Waals surface area contributed by atoms with Crippen molar-refractivity contribution in [1.82, 2.24) is 29.7 Å². The van der Waals surface area contributed by atoms with Crippen LogP contribution in [0, 0.1) is 13.8 Å². The van der Waals surface area contributed by atoms with E-state index in [0.717, 1.165) is 42.1 Å². The van der Waals surface area contributed by atoms with E-state index in [1.54, 1.807) is 0 Å². The van der Waals surface area contributed by atoms with Crippen molar-refractivity contribution >= 4 is 11.6 Å². The molecule has 3 aromatic rings. The summed E-state index contributed by atoms with van der Waals surface area (Å²) in [6.07, 6.45) is 4.80. The second kappa shape index (κ2) is 7.46. The zero-order valence-corrected chi connectivity index (χ0v) is 15.0. The SMILES string of the molecule is Cc1nn(C)c(C)c1CCC(=O)NCCCc1nnc2ccccn12. The monoisotopic (exact) mass is 340 g/mol. The van der Waals surface area contributed by atoms with Gasteiger partial charge in [0.05, 0.1) is 5.69 Å². The van der Waals surface area contributed by atoms with Gasteiger partial charge in [0.15, 0.2) is 5.65 Å². The van der Waals surface area contributed by atoms with Crippen LogP contribution in [-0.2, 0) is 24.7 Å². The Hall–Kier alpha value is -2.70. The first kappa shape index (κ1) is 17.1. The van der Waals surface area contributed by atoms with Gasteiger partial charge >= 0.3 is 0 Å². The molecule has 0 aliphatic carbocycles. The summed E-state index contributed by atoms with van der Waals surface area (Å²) in [6.45, 7) is 4.67. The molecule has 0 saturated heterocycles. The number of amides is 1. The second-order valence-corrected chi connectivity index (χ2v) is 6.27. The van der Waals surface area contributed by atoms with E-state index in [9.17, 15) is 4.79 Å². The van der Waals surface area contributed by atoms with Gasteiger partial charge in [0.1, 0.15) is 5.82 Å². The molecule has 3 rings (SSSR count). The van der Waals surface area contributed by atoms with Crippen molar-refractivity contribution in [2.75, 3.05) is 6.54 Å². The molecular weight excluding hydrogens is 316 g/mol. The predicted molar refractivity (Wildman–Crippen MR) is 95.3 cm³/mol. The van der Waals surface area contributed by atoms with Gasteiger partial charge in [0, 0.05) is 38.3 Å². The van der Waals surface area contributed by atoms with Crippen molar-refractivity contribution in [3.63, 3.8) is 0 Å². The largest absolute Gasteiger partial charge is 0.356 e. The van der Waals surface area contributed by atoms with Gasteiger partial charge in [-0.15, -0.1) is 10.2 Å². The average Bonchev–Trinajstić information content (AvgIpc) is 3.11. The molecule has 0 aromatic carbocycles. The fourth-order valence-corrected chi connectivity index (χ4v) is 3.04. The van der Waals surface area contributed by atoms with E-state index in [1.807, 2.05) is 54.4 Å². The number of hydrogen-bond donors (Lipinski definition) is 1. The molecule has 0 bridgehead atoms. The van der Waals surface area contributed by atoms with Crippen LogP contribution in [0.25, 0.3) is 5.65 Å². The molecule has 1 amide bonds. The molecule has 0 saturated carbocycles. The standard InChI is InChI=1S/C18H24N6O/c1-13-15(14(2)23(3)22-13)9-10-18(25)19-11-6-8-17-21-20-16-7-4-5-12-24(16)17/h4-5,7,12H,6,8-11H2,1-3H3,(H,19,25). The summed E-state index contributed by atoms with van der Waals surface area (Å²) in [5.41, 5.74) is 4.16. The maximum Gasteiger partial charge on any atom is 0.220 e. The maximum atomic E-state index is 12.0. The predicted octanol–water partition coefficient (Wildman–Crippen LogP) is 1.76. The number of fused-ring (bicyclic) bond motifs is 1. The van der Waals surface area contributed by atoms with Crippen molar-refractivity contribution < 1.29 is 4.79 Å². The molecule has 132 valence electrons. The highest BCUT2D eigenvalue weighted by molar-refractivity contribution is 5.76. The molecule has 0 fully saturated rings. The smallest absolute Gasteiger partial charge is 0.220 e. The zero-order valence-electron chi connectivity index (χ0n) is 15.0. The van der Waals surface area contributed by atoms with E-state index < -0.39 is 0 Å². The Labute approximate surface area is 147 Å². The minimum atomic E-state index is 0.0776. The summed E-state index contributed by atoms with van der Waals surface area (Å²) in [6, 6.07) is 5.84. The van der Waals surface area contributed by atoms with Gasteiger partial charge in [-0.3, -0.25) is 13.9 Å². The molecular formula is C18H24N6O. The molecule has 0 aliphatic rings. The third-order valence-electron chi connectivity index (χ3n) is 4.54. The minimum absolute atomic E-state index is 0.0776. The Bertz CT molecular complexity index is 879.